The van der Waals surface area contributed by atoms with Crippen LogP contribution < -0.4 is 11.1 Å². The van der Waals surface area contributed by atoms with Crippen molar-refractivity contribution in [3.05, 3.63) is 23.8 Å². The quantitative estimate of drug-likeness (QED) is 0.575. The van der Waals surface area contributed by atoms with Crippen LogP contribution >= 0.6 is 0 Å². The predicted molar refractivity (Wildman–Crippen MR) is 79.7 cm³/mol. The second-order valence-corrected chi connectivity index (χ2v) is 5.72. The minimum atomic E-state index is -0.221. The van der Waals surface area contributed by atoms with Crippen LogP contribution in [0.2, 0.25) is 0 Å². The molecule has 20 heavy (non-hydrogen) atoms. The number of nitrogens with two attached hydrogens (primary N) is 1. The van der Waals surface area contributed by atoms with E-state index in [1.807, 2.05) is 0 Å². The summed E-state index contributed by atoms with van der Waals surface area (Å²) in [5.74, 6) is 0.317. The van der Waals surface area contributed by atoms with E-state index >= 15 is 0 Å². The van der Waals surface area contributed by atoms with Crippen molar-refractivity contribution >= 4 is 11.6 Å². The number of rotatable bonds is 4. The number of carbonyl (C=O) groups is 1. The average Bonchev–Trinajstić information content (AvgIpc) is 2.88. The van der Waals surface area contributed by atoms with Crippen molar-refractivity contribution in [1.29, 1.82) is 0 Å². The monoisotopic (exact) mass is 277 g/mol. The van der Waals surface area contributed by atoms with Gasteiger partial charge >= 0.3 is 0 Å². The minimum Gasteiger partial charge on any atom is -0.508 e. The topological polar surface area (TPSA) is 78.6 Å². The number of anilines is 1. The molecule has 0 aliphatic carbocycles. The Balaban J connectivity index is 1.88. The Labute approximate surface area is 119 Å². The number of benzene rings is 1. The summed E-state index contributed by atoms with van der Waals surface area (Å²) in [4.78, 5) is 14.5. The molecule has 110 valence electrons. The first kappa shape index (κ1) is 14.7. The van der Waals surface area contributed by atoms with E-state index in [9.17, 15) is 9.90 Å². The SMILES string of the molecule is CC(C)N1CCC(CNC(=O)c2cc(O)ccc2N)C1. The molecule has 0 aromatic heterocycles. The molecule has 0 spiro atoms. The number of nitrogens with one attached hydrogen (secondary N) is 1. The minimum absolute atomic E-state index is 0.0520. The molecule has 5 heteroatoms. The van der Waals surface area contributed by atoms with Gasteiger partial charge in [-0.3, -0.25) is 4.79 Å². The predicted octanol–water partition coefficient (Wildman–Crippen LogP) is 1.43. The second kappa shape index (κ2) is 6.13. The van der Waals surface area contributed by atoms with E-state index in [4.69, 9.17) is 5.73 Å². The van der Waals surface area contributed by atoms with E-state index in [2.05, 4.69) is 24.1 Å². The van der Waals surface area contributed by atoms with Gasteiger partial charge in [-0.2, -0.15) is 0 Å². The maximum Gasteiger partial charge on any atom is 0.253 e. The number of likely N-dealkylation sites (tertiary alicyclic amines) is 1. The van der Waals surface area contributed by atoms with Crippen LogP contribution in [0, 0.1) is 5.92 Å². The summed E-state index contributed by atoms with van der Waals surface area (Å²) < 4.78 is 0. The smallest absolute Gasteiger partial charge is 0.253 e. The van der Waals surface area contributed by atoms with Crippen molar-refractivity contribution in [2.75, 3.05) is 25.4 Å². The first-order valence-electron chi connectivity index (χ1n) is 7.08. The standard InChI is InChI=1S/C15H23N3O2/c1-10(2)18-6-5-11(9-18)8-17-15(20)13-7-12(19)3-4-14(13)16/h3-4,7,10-11,19H,5-6,8-9,16H2,1-2H3,(H,17,20). The fourth-order valence-corrected chi connectivity index (χ4v) is 2.57. The van der Waals surface area contributed by atoms with Crippen LogP contribution in [0.25, 0.3) is 0 Å². The van der Waals surface area contributed by atoms with Gasteiger partial charge in [0.15, 0.2) is 0 Å². The van der Waals surface area contributed by atoms with Crippen LogP contribution in [0.15, 0.2) is 18.2 Å². The molecule has 4 N–H and O–H groups in total. The van der Waals surface area contributed by atoms with Gasteiger partial charge in [0.25, 0.3) is 5.91 Å². The highest BCUT2D eigenvalue weighted by Gasteiger charge is 2.24. The molecular formula is C15H23N3O2. The number of nitrogen functional groups attached to an aromatic ring is 1. The Morgan fingerprint density at radius 3 is 2.95 bits per heavy atom. The molecule has 1 amide bonds. The van der Waals surface area contributed by atoms with Crippen molar-refractivity contribution < 1.29 is 9.90 Å². The van der Waals surface area contributed by atoms with Gasteiger partial charge in [-0.1, -0.05) is 0 Å². The summed E-state index contributed by atoms with van der Waals surface area (Å²) in [6.45, 7) is 7.14. The van der Waals surface area contributed by atoms with Gasteiger partial charge in [0.05, 0.1) is 5.56 Å². The van der Waals surface area contributed by atoms with Crippen LogP contribution in [-0.4, -0.2) is 41.6 Å². The molecule has 1 unspecified atom stereocenters. The lowest BCUT2D eigenvalue weighted by molar-refractivity contribution is 0.0947. The van der Waals surface area contributed by atoms with Crippen LogP contribution in [-0.2, 0) is 0 Å². The van der Waals surface area contributed by atoms with Gasteiger partial charge in [0, 0.05) is 24.8 Å². The fourth-order valence-electron chi connectivity index (χ4n) is 2.57. The third-order valence-electron chi connectivity index (χ3n) is 3.88. The number of amides is 1. The Kier molecular flexibility index (Phi) is 4.49. The lowest BCUT2D eigenvalue weighted by Crippen LogP contribution is -2.33. The summed E-state index contributed by atoms with van der Waals surface area (Å²) in [5.41, 5.74) is 6.48. The maximum atomic E-state index is 12.1. The molecule has 1 aromatic carbocycles. The highest BCUT2D eigenvalue weighted by atomic mass is 16.3. The van der Waals surface area contributed by atoms with Crippen LogP contribution in [0.5, 0.6) is 5.75 Å². The Morgan fingerprint density at radius 1 is 1.55 bits per heavy atom. The summed E-state index contributed by atoms with van der Waals surface area (Å²) in [5, 5.41) is 12.3. The van der Waals surface area contributed by atoms with E-state index in [0.29, 0.717) is 29.8 Å². The Bertz CT molecular complexity index is 488. The molecule has 1 aliphatic rings. The van der Waals surface area contributed by atoms with Gasteiger partial charge in [0.1, 0.15) is 5.75 Å². The van der Waals surface area contributed by atoms with Crippen molar-refractivity contribution in [1.82, 2.24) is 10.2 Å². The van der Waals surface area contributed by atoms with Gasteiger partial charge in [-0.25, -0.2) is 0 Å². The maximum absolute atomic E-state index is 12.1. The lowest BCUT2D eigenvalue weighted by Gasteiger charge is -2.20. The van der Waals surface area contributed by atoms with E-state index < -0.39 is 0 Å². The molecule has 1 aromatic rings. The zero-order valence-corrected chi connectivity index (χ0v) is 12.1. The number of nitrogens with zero attached hydrogens (tertiary/aromatic N) is 1. The van der Waals surface area contributed by atoms with Crippen molar-refractivity contribution in [2.24, 2.45) is 5.92 Å². The molecule has 2 rings (SSSR count). The van der Waals surface area contributed by atoms with E-state index in [1.165, 1.54) is 12.1 Å². The van der Waals surface area contributed by atoms with Crippen LogP contribution in [0.4, 0.5) is 5.69 Å². The molecule has 1 saturated heterocycles. The summed E-state index contributed by atoms with van der Waals surface area (Å²) in [7, 11) is 0. The molecule has 0 saturated carbocycles. The van der Waals surface area contributed by atoms with E-state index in [0.717, 1.165) is 19.5 Å². The molecule has 0 bridgehead atoms. The molecule has 1 atom stereocenters. The normalized spacial score (nSPS) is 19.4. The second-order valence-electron chi connectivity index (χ2n) is 5.72. The summed E-state index contributed by atoms with van der Waals surface area (Å²) in [6.07, 6.45) is 1.11. The number of phenols is 1. The molecule has 0 radical (unpaired) electrons. The number of carbonyl (C=O) groups excluding carboxylic acids is 1. The van der Waals surface area contributed by atoms with Crippen LogP contribution in [0.3, 0.4) is 0 Å². The lowest BCUT2D eigenvalue weighted by atomic mass is 10.1. The molecular weight excluding hydrogens is 254 g/mol. The highest BCUT2D eigenvalue weighted by Crippen LogP contribution is 2.20. The number of aromatic hydroxyl groups is 1. The van der Waals surface area contributed by atoms with Crippen LogP contribution in [0.1, 0.15) is 30.6 Å². The molecule has 1 fully saturated rings. The Morgan fingerprint density at radius 2 is 2.30 bits per heavy atom. The third-order valence-corrected chi connectivity index (χ3v) is 3.88. The first-order valence-corrected chi connectivity index (χ1v) is 7.08. The molecule has 5 nitrogen and oxygen atoms in total. The average molecular weight is 277 g/mol. The third kappa shape index (κ3) is 3.42. The van der Waals surface area contributed by atoms with Crippen molar-refractivity contribution in [2.45, 2.75) is 26.3 Å². The van der Waals surface area contributed by atoms with E-state index in [-0.39, 0.29) is 11.7 Å². The van der Waals surface area contributed by atoms with Gasteiger partial charge in [0.2, 0.25) is 0 Å². The first-order chi connectivity index (χ1) is 9.47. The largest absolute Gasteiger partial charge is 0.508 e. The van der Waals surface area contributed by atoms with Crippen molar-refractivity contribution in [3.63, 3.8) is 0 Å². The zero-order chi connectivity index (χ0) is 14.7. The zero-order valence-electron chi connectivity index (χ0n) is 12.1. The van der Waals surface area contributed by atoms with Gasteiger partial charge in [-0.05, 0) is 50.9 Å². The number of hydrogen-bond donors (Lipinski definition) is 3. The molecule has 1 aliphatic heterocycles. The van der Waals surface area contributed by atoms with Crippen molar-refractivity contribution in [3.8, 4) is 5.75 Å². The highest BCUT2D eigenvalue weighted by molar-refractivity contribution is 5.99. The number of phenolic OH excluding ortho intramolecular Hbond substituents is 1. The summed E-state index contributed by atoms with van der Waals surface area (Å²) in [6, 6.07) is 4.97. The van der Waals surface area contributed by atoms with Gasteiger partial charge < -0.3 is 21.1 Å². The Hall–Kier alpha value is -1.75. The number of hydrogen-bond acceptors (Lipinski definition) is 4. The summed E-state index contributed by atoms with van der Waals surface area (Å²) >= 11 is 0. The van der Waals surface area contributed by atoms with E-state index in [1.54, 1.807) is 6.07 Å². The fraction of sp³-hybridized carbons (Fsp3) is 0.533. The molecule has 1 heterocycles. The van der Waals surface area contributed by atoms with Gasteiger partial charge in [-0.15, -0.1) is 0 Å².